The average Bonchev–Trinajstić information content (AvgIpc) is 3.00. The third-order valence-corrected chi connectivity index (χ3v) is 6.71. The molecule has 0 bridgehead atoms. The highest BCUT2D eigenvalue weighted by Gasteiger charge is 2.42. The molecule has 2 aliphatic rings. The van der Waals surface area contributed by atoms with Crippen LogP contribution < -0.4 is 5.32 Å². The number of hydrogen-bond acceptors (Lipinski definition) is 3. The molecule has 1 saturated carbocycles. The number of carbonyl (C=O) groups is 1. The lowest BCUT2D eigenvalue weighted by molar-refractivity contribution is -0.129. The highest BCUT2D eigenvalue weighted by Crippen LogP contribution is 2.42. The lowest BCUT2D eigenvalue weighted by Gasteiger charge is -2.39. The first-order valence-electron chi connectivity index (χ1n) is 9.90. The number of benzene rings is 2. The van der Waals surface area contributed by atoms with Gasteiger partial charge in [0, 0.05) is 11.7 Å². The standard InChI is InChI=1S/C23H25FN2OS/c1-16-7-5-6-10-20(16)26-22(27)21(15-17-11-13-18(24)14-12-17)28-23(26)25-19-8-3-2-4-9-19/h2-4,8-9,11-16,20,23,25H,5-7,10H2,1H3/b21-15-/t16-,20-,23?/m1/s1. The number of rotatable bonds is 4. The molecule has 5 heteroatoms. The van der Waals surface area contributed by atoms with Gasteiger partial charge >= 0.3 is 0 Å². The number of halogens is 1. The summed E-state index contributed by atoms with van der Waals surface area (Å²) < 4.78 is 13.2. The summed E-state index contributed by atoms with van der Waals surface area (Å²) in [4.78, 5) is 16.1. The van der Waals surface area contributed by atoms with Crippen molar-refractivity contribution in [2.24, 2.45) is 5.92 Å². The Hall–Kier alpha value is -2.27. The summed E-state index contributed by atoms with van der Waals surface area (Å²) in [6.07, 6.45) is 6.48. The van der Waals surface area contributed by atoms with Gasteiger partial charge < -0.3 is 10.2 Å². The van der Waals surface area contributed by atoms with Crippen molar-refractivity contribution in [3.63, 3.8) is 0 Å². The molecule has 3 atom stereocenters. The first kappa shape index (κ1) is 19.1. The minimum absolute atomic E-state index is 0.0708. The summed E-state index contributed by atoms with van der Waals surface area (Å²) in [5.41, 5.74) is 1.71. The average molecular weight is 397 g/mol. The maximum Gasteiger partial charge on any atom is 0.262 e. The van der Waals surface area contributed by atoms with Gasteiger partial charge in [0.2, 0.25) is 0 Å². The molecule has 1 N–H and O–H groups in total. The van der Waals surface area contributed by atoms with E-state index in [1.165, 1.54) is 25.0 Å². The number of hydrogen-bond donors (Lipinski definition) is 1. The Morgan fingerprint density at radius 3 is 2.50 bits per heavy atom. The van der Waals surface area contributed by atoms with Gasteiger partial charge in [0.15, 0.2) is 5.50 Å². The van der Waals surface area contributed by atoms with E-state index in [4.69, 9.17) is 0 Å². The topological polar surface area (TPSA) is 32.3 Å². The van der Waals surface area contributed by atoms with Crippen LogP contribution in [-0.2, 0) is 4.79 Å². The molecule has 1 aliphatic carbocycles. The van der Waals surface area contributed by atoms with E-state index in [9.17, 15) is 9.18 Å². The monoisotopic (exact) mass is 396 g/mol. The zero-order valence-corrected chi connectivity index (χ0v) is 16.8. The fourth-order valence-electron chi connectivity index (χ4n) is 4.08. The van der Waals surface area contributed by atoms with Crippen LogP contribution in [0.25, 0.3) is 6.08 Å². The van der Waals surface area contributed by atoms with E-state index in [1.54, 1.807) is 23.9 Å². The molecule has 1 heterocycles. The number of carbonyl (C=O) groups excluding carboxylic acids is 1. The molecular formula is C23H25FN2OS. The maximum absolute atomic E-state index is 13.3. The van der Waals surface area contributed by atoms with Gasteiger partial charge in [-0.3, -0.25) is 4.79 Å². The van der Waals surface area contributed by atoms with Crippen LogP contribution in [0.2, 0.25) is 0 Å². The maximum atomic E-state index is 13.3. The molecule has 0 radical (unpaired) electrons. The van der Waals surface area contributed by atoms with Crippen LogP contribution >= 0.6 is 11.8 Å². The molecule has 1 saturated heterocycles. The van der Waals surface area contributed by atoms with Crippen LogP contribution in [0.5, 0.6) is 0 Å². The predicted octanol–water partition coefficient (Wildman–Crippen LogP) is 5.72. The van der Waals surface area contributed by atoms with Crippen molar-refractivity contribution in [3.8, 4) is 0 Å². The number of anilines is 1. The van der Waals surface area contributed by atoms with Crippen molar-refractivity contribution >= 4 is 29.4 Å². The molecule has 0 spiro atoms. The van der Waals surface area contributed by atoms with Crippen LogP contribution in [-0.4, -0.2) is 22.3 Å². The van der Waals surface area contributed by atoms with Gasteiger partial charge in [-0.15, -0.1) is 0 Å². The smallest absolute Gasteiger partial charge is 0.262 e. The molecule has 4 rings (SSSR count). The van der Waals surface area contributed by atoms with Crippen LogP contribution in [0, 0.1) is 11.7 Å². The van der Waals surface area contributed by atoms with Gasteiger partial charge in [0.25, 0.3) is 5.91 Å². The predicted molar refractivity (Wildman–Crippen MR) is 114 cm³/mol. The van der Waals surface area contributed by atoms with E-state index in [2.05, 4.69) is 12.2 Å². The molecule has 1 aliphatic heterocycles. The zero-order valence-electron chi connectivity index (χ0n) is 16.0. The lowest BCUT2D eigenvalue weighted by atomic mass is 9.85. The van der Waals surface area contributed by atoms with Crippen LogP contribution in [0.15, 0.2) is 59.5 Å². The molecule has 1 unspecified atom stereocenters. The number of para-hydroxylation sites is 1. The Kier molecular flexibility index (Phi) is 5.72. The minimum Gasteiger partial charge on any atom is -0.356 e. The molecule has 2 fully saturated rings. The van der Waals surface area contributed by atoms with E-state index in [-0.39, 0.29) is 23.3 Å². The molecular weight excluding hydrogens is 371 g/mol. The first-order valence-corrected chi connectivity index (χ1v) is 10.8. The Morgan fingerprint density at radius 1 is 1.07 bits per heavy atom. The van der Waals surface area contributed by atoms with Gasteiger partial charge in [0.1, 0.15) is 5.82 Å². The summed E-state index contributed by atoms with van der Waals surface area (Å²) >= 11 is 1.55. The SMILES string of the molecule is C[C@@H]1CCCC[C@H]1N1C(=O)/C(=C/c2ccc(F)cc2)SC1Nc1ccccc1. The summed E-state index contributed by atoms with van der Waals surface area (Å²) in [5, 5.41) is 3.53. The van der Waals surface area contributed by atoms with E-state index in [1.807, 2.05) is 41.3 Å². The fraction of sp³-hybridized carbons (Fsp3) is 0.348. The van der Waals surface area contributed by atoms with Crippen molar-refractivity contribution in [1.29, 1.82) is 0 Å². The zero-order chi connectivity index (χ0) is 19.5. The van der Waals surface area contributed by atoms with E-state index in [0.717, 1.165) is 24.1 Å². The second kappa shape index (κ2) is 8.39. The van der Waals surface area contributed by atoms with Gasteiger partial charge in [-0.1, -0.05) is 61.9 Å². The van der Waals surface area contributed by atoms with E-state index < -0.39 is 0 Å². The highest BCUT2D eigenvalue weighted by molar-refractivity contribution is 8.05. The summed E-state index contributed by atoms with van der Waals surface area (Å²) in [6, 6.07) is 16.5. The highest BCUT2D eigenvalue weighted by atomic mass is 32.2. The third kappa shape index (κ3) is 4.09. The number of thioether (sulfide) groups is 1. The van der Waals surface area contributed by atoms with Crippen molar-refractivity contribution < 1.29 is 9.18 Å². The van der Waals surface area contributed by atoms with Gasteiger partial charge in [0.05, 0.1) is 4.91 Å². The molecule has 28 heavy (non-hydrogen) atoms. The van der Waals surface area contributed by atoms with Crippen LogP contribution in [0.3, 0.4) is 0 Å². The Bertz CT molecular complexity index is 853. The molecule has 2 aromatic carbocycles. The fourth-order valence-corrected chi connectivity index (χ4v) is 5.29. The molecule has 2 aromatic rings. The largest absolute Gasteiger partial charge is 0.356 e. The number of nitrogens with one attached hydrogen (secondary N) is 1. The Balaban J connectivity index is 1.63. The normalized spacial score (nSPS) is 26.6. The van der Waals surface area contributed by atoms with Crippen molar-refractivity contribution in [3.05, 3.63) is 70.9 Å². The second-order valence-corrected chi connectivity index (χ2v) is 8.70. The van der Waals surface area contributed by atoms with Gasteiger partial charge in [-0.05, 0) is 54.7 Å². The lowest BCUT2D eigenvalue weighted by Crippen LogP contribution is -2.48. The molecule has 1 amide bonds. The van der Waals surface area contributed by atoms with E-state index in [0.29, 0.717) is 10.8 Å². The summed E-state index contributed by atoms with van der Waals surface area (Å²) in [7, 11) is 0. The van der Waals surface area contributed by atoms with Crippen molar-refractivity contribution in [2.45, 2.75) is 44.1 Å². The van der Waals surface area contributed by atoms with Crippen molar-refractivity contribution in [1.82, 2.24) is 4.90 Å². The number of amides is 1. The quantitative estimate of drug-likeness (QED) is 0.671. The molecule has 3 nitrogen and oxygen atoms in total. The van der Waals surface area contributed by atoms with Gasteiger partial charge in [-0.2, -0.15) is 0 Å². The Morgan fingerprint density at radius 2 is 1.79 bits per heavy atom. The van der Waals surface area contributed by atoms with Crippen LogP contribution in [0.1, 0.15) is 38.2 Å². The van der Waals surface area contributed by atoms with Crippen LogP contribution in [0.4, 0.5) is 10.1 Å². The number of nitrogens with zero attached hydrogens (tertiary/aromatic N) is 1. The van der Waals surface area contributed by atoms with E-state index >= 15 is 0 Å². The third-order valence-electron chi connectivity index (χ3n) is 5.59. The Labute approximate surface area is 170 Å². The minimum atomic E-state index is -0.270. The first-order chi connectivity index (χ1) is 13.6. The summed E-state index contributed by atoms with van der Waals surface area (Å²) in [5.74, 6) is 0.291. The molecule has 0 aromatic heterocycles. The second-order valence-electron chi connectivity index (χ2n) is 7.58. The molecule has 146 valence electrons. The van der Waals surface area contributed by atoms with Gasteiger partial charge in [-0.25, -0.2) is 4.39 Å². The van der Waals surface area contributed by atoms with Crippen molar-refractivity contribution in [2.75, 3.05) is 5.32 Å². The summed E-state index contributed by atoms with van der Waals surface area (Å²) in [6.45, 7) is 2.25.